The molecule has 0 unspecified atom stereocenters. The van der Waals surface area contributed by atoms with Crippen molar-refractivity contribution in [3.63, 3.8) is 0 Å². The molecule has 2 bridgehead atoms. The van der Waals surface area contributed by atoms with Gasteiger partial charge in [-0.15, -0.1) is 0 Å². The van der Waals surface area contributed by atoms with Crippen LogP contribution in [0.1, 0.15) is 50.0 Å². The predicted octanol–water partition coefficient (Wildman–Crippen LogP) is 2.00. The van der Waals surface area contributed by atoms with Crippen molar-refractivity contribution in [3.8, 4) is 5.75 Å². The van der Waals surface area contributed by atoms with Crippen molar-refractivity contribution in [1.29, 1.82) is 0 Å². The number of carbonyl (C=O) groups is 2. The fourth-order valence-electron chi connectivity index (χ4n) is 5.66. The monoisotopic (exact) mass is 414 g/mol. The van der Waals surface area contributed by atoms with Crippen LogP contribution in [0.15, 0.2) is 24.3 Å². The molecule has 1 aliphatic carbocycles. The normalized spacial score (nSPS) is 34.7. The van der Waals surface area contributed by atoms with Gasteiger partial charge >= 0.3 is 0 Å². The van der Waals surface area contributed by atoms with Crippen LogP contribution in [0, 0.1) is 0 Å². The first-order chi connectivity index (χ1) is 14.6. The largest absolute Gasteiger partial charge is 0.483 e. The predicted molar refractivity (Wildman–Crippen MR) is 109 cm³/mol. The van der Waals surface area contributed by atoms with E-state index in [0.29, 0.717) is 25.7 Å². The highest BCUT2D eigenvalue weighted by Gasteiger charge is 2.49. The highest BCUT2D eigenvalue weighted by molar-refractivity contribution is 5.81. The average molecular weight is 415 g/mol. The molecule has 0 aromatic heterocycles. The van der Waals surface area contributed by atoms with Gasteiger partial charge in [-0.05, 0) is 56.1 Å². The summed E-state index contributed by atoms with van der Waals surface area (Å²) in [4.78, 5) is 27.3. The maximum Gasteiger partial charge on any atom is 0.260 e. The van der Waals surface area contributed by atoms with Crippen molar-refractivity contribution in [2.45, 2.75) is 62.1 Å². The Morgan fingerprint density at radius 2 is 1.90 bits per heavy atom. The van der Waals surface area contributed by atoms with Gasteiger partial charge in [-0.25, -0.2) is 0 Å². The Morgan fingerprint density at radius 1 is 1.07 bits per heavy atom. The van der Waals surface area contributed by atoms with Crippen molar-refractivity contribution in [2.24, 2.45) is 0 Å². The van der Waals surface area contributed by atoms with E-state index in [1.54, 1.807) is 0 Å². The number of nitrogens with one attached hydrogen (secondary N) is 1. The standard InChI is InChI=1S/C23H30N2O5/c26-21-13-28-15-23(24-21)10-3-11-25-20(23)12-29-17-8-6-16(7-9-17)18-4-1-2-5-19(18)30-14-22(25)27/h1-2,4-5,16-17,20H,3,6-15H2,(H,24,26)/t16-,17+,20-,23+/m0/s1. The smallest absolute Gasteiger partial charge is 0.260 e. The van der Waals surface area contributed by atoms with Crippen LogP contribution >= 0.6 is 0 Å². The van der Waals surface area contributed by atoms with Gasteiger partial charge < -0.3 is 24.4 Å². The summed E-state index contributed by atoms with van der Waals surface area (Å²) in [6, 6.07) is 7.85. The summed E-state index contributed by atoms with van der Waals surface area (Å²) in [5.41, 5.74) is 0.612. The van der Waals surface area contributed by atoms with Gasteiger partial charge in [-0.2, -0.15) is 0 Å². The highest BCUT2D eigenvalue weighted by Crippen LogP contribution is 2.39. The van der Waals surface area contributed by atoms with Crippen LogP contribution in [-0.2, 0) is 19.1 Å². The second-order valence-electron chi connectivity index (χ2n) is 9.04. The summed E-state index contributed by atoms with van der Waals surface area (Å²) in [5, 5.41) is 3.16. The number of benzene rings is 1. The second kappa shape index (κ2) is 8.19. The fourth-order valence-corrected chi connectivity index (χ4v) is 5.66. The molecule has 1 saturated carbocycles. The first kappa shape index (κ1) is 19.8. The fraction of sp³-hybridized carbons (Fsp3) is 0.652. The number of nitrogens with zero attached hydrogens (tertiary/aromatic N) is 1. The van der Waals surface area contributed by atoms with E-state index in [1.807, 2.05) is 23.1 Å². The van der Waals surface area contributed by atoms with Gasteiger partial charge in [0, 0.05) is 6.54 Å². The third-order valence-electron chi connectivity index (χ3n) is 7.21. The van der Waals surface area contributed by atoms with Gasteiger partial charge in [0.1, 0.15) is 12.4 Å². The molecule has 162 valence electrons. The van der Waals surface area contributed by atoms with Crippen LogP contribution in [-0.4, -0.2) is 67.4 Å². The van der Waals surface area contributed by atoms with E-state index in [1.165, 1.54) is 5.56 Å². The van der Waals surface area contributed by atoms with Crippen LogP contribution in [0.5, 0.6) is 5.75 Å². The molecule has 3 fully saturated rings. The minimum atomic E-state index is -0.585. The van der Waals surface area contributed by atoms with E-state index >= 15 is 0 Å². The number of hydrogen-bond donors (Lipinski definition) is 1. The number of hydrogen-bond acceptors (Lipinski definition) is 5. The molecule has 0 radical (unpaired) electrons. The third-order valence-corrected chi connectivity index (χ3v) is 7.21. The Hall–Kier alpha value is -2.12. The molecule has 2 saturated heterocycles. The summed E-state index contributed by atoms with van der Waals surface area (Å²) in [7, 11) is 0. The number of ether oxygens (including phenoxy) is 3. The zero-order valence-electron chi connectivity index (χ0n) is 17.3. The minimum Gasteiger partial charge on any atom is -0.483 e. The maximum atomic E-state index is 13.2. The Kier molecular flexibility index (Phi) is 5.41. The summed E-state index contributed by atoms with van der Waals surface area (Å²) in [5.74, 6) is 1.07. The molecule has 4 heterocycles. The molecule has 4 aliphatic heterocycles. The van der Waals surface area contributed by atoms with Gasteiger partial charge in [0.15, 0.2) is 6.61 Å². The number of amides is 2. The van der Waals surface area contributed by atoms with Crippen molar-refractivity contribution in [3.05, 3.63) is 29.8 Å². The number of fused-ring (bicyclic) bond motifs is 5. The van der Waals surface area contributed by atoms with Crippen molar-refractivity contribution in [2.75, 3.05) is 33.0 Å². The lowest BCUT2D eigenvalue weighted by Gasteiger charge is -2.51. The molecule has 1 aromatic carbocycles. The molecule has 5 aliphatic rings. The zero-order valence-corrected chi connectivity index (χ0v) is 17.3. The van der Waals surface area contributed by atoms with E-state index in [9.17, 15) is 9.59 Å². The van der Waals surface area contributed by atoms with E-state index in [2.05, 4.69) is 11.4 Å². The molecular weight excluding hydrogens is 384 g/mol. The molecule has 1 spiro atoms. The summed E-state index contributed by atoms with van der Waals surface area (Å²) in [6.07, 6.45) is 5.88. The van der Waals surface area contributed by atoms with Gasteiger partial charge in [-0.3, -0.25) is 9.59 Å². The lowest BCUT2D eigenvalue weighted by atomic mass is 9.80. The molecule has 7 heteroatoms. The van der Waals surface area contributed by atoms with Gasteiger partial charge in [0.25, 0.3) is 5.91 Å². The molecule has 7 nitrogen and oxygen atoms in total. The Bertz CT molecular complexity index is 803. The van der Waals surface area contributed by atoms with Crippen LogP contribution in [0.4, 0.5) is 0 Å². The lowest BCUT2D eigenvalue weighted by molar-refractivity contribution is -0.156. The average Bonchev–Trinajstić information content (AvgIpc) is 2.78. The van der Waals surface area contributed by atoms with Crippen molar-refractivity contribution >= 4 is 11.8 Å². The zero-order chi connectivity index (χ0) is 20.6. The Labute approximate surface area is 177 Å². The minimum absolute atomic E-state index is 0.00541. The first-order valence-corrected chi connectivity index (χ1v) is 11.2. The Balaban J connectivity index is 1.46. The van der Waals surface area contributed by atoms with E-state index in [-0.39, 0.29) is 37.2 Å². The SMILES string of the molecule is O=C1COC[C@@]2(CCCN3C(=O)COc4ccccc4[C@H]4CC[C@H](CC4)OC[C@H]32)N1. The van der Waals surface area contributed by atoms with Crippen LogP contribution in [0.2, 0.25) is 0 Å². The van der Waals surface area contributed by atoms with Crippen molar-refractivity contribution < 1.29 is 23.8 Å². The summed E-state index contributed by atoms with van der Waals surface area (Å²) < 4.78 is 18.1. The van der Waals surface area contributed by atoms with Gasteiger partial charge in [0.05, 0.1) is 30.9 Å². The van der Waals surface area contributed by atoms with Gasteiger partial charge in [-0.1, -0.05) is 18.2 Å². The lowest BCUT2D eigenvalue weighted by Crippen LogP contribution is -2.72. The molecule has 1 N–H and O–H groups in total. The highest BCUT2D eigenvalue weighted by atomic mass is 16.5. The van der Waals surface area contributed by atoms with E-state index in [0.717, 1.165) is 44.3 Å². The van der Waals surface area contributed by atoms with E-state index in [4.69, 9.17) is 14.2 Å². The van der Waals surface area contributed by atoms with E-state index < -0.39 is 5.54 Å². The molecule has 30 heavy (non-hydrogen) atoms. The number of para-hydroxylation sites is 1. The second-order valence-corrected chi connectivity index (χ2v) is 9.04. The topological polar surface area (TPSA) is 77.1 Å². The first-order valence-electron chi connectivity index (χ1n) is 11.2. The third kappa shape index (κ3) is 3.69. The summed E-state index contributed by atoms with van der Waals surface area (Å²) >= 11 is 0. The molecule has 2 amide bonds. The van der Waals surface area contributed by atoms with Crippen LogP contribution in [0.3, 0.4) is 0 Å². The maximum absolute atomic E-state index is 13.2. The molecular formula is C23H30N2O5. The number of rotatable bonds is 0. The number of carbonyl (C=O) groups excluding carboxylic acids is 2. The van der Waals surface area contributed by atoms with Crippen molar-refractivity contribution in [1.82, 2.24) is 10.2 Å². The molecule has 1 aromatic rings. The van der Waals surface area contributed by atoms with Gasteiger partial charge in [0.2, 0.25) is 5.91 Å². The van der Waals surface area contributed by atoms with Crippen LogP contribution < -0.4 is 10.1 Å². The molecule has 2 atom stereocenters. The number of morpholine rings is 1. The summed E-state index contributed by atoms with van der Waals surface area (Å²) in [6.45, 7) is 1.54. The number of piperidine rings is 1. The Morgan fingerprint density at radius 3 is 2.73 bits per heavy atom. The quantitative estimate of drug-likeness (QED) is 0.703. The molecule has 6 rings (SSSR count). The van der Waals surface area contributed by atoms with Crippen LogP contribution in [0.25, 0.3) is 0 Å².